The Bertz CT molecular complexity index is 132. The Labute approximate surface area is 64.3 Å². The van der Waals surface area contributed by atoms with E-state index < -0.39 is 0 Å². The van der Waals surface area contributed by atoms with Crippen molar-refractivity contribution in [3.05, 3.63) is 11.1 Å². The minimum atomic E-state index is 0.771. The topological polar surface area (TPSA) is 0 Å². The van der Waals surface area contributed by atoms with Crippen molar-refractivity contribution in [3.8, 4) is 0 Å². The lowest BCUT2D eigenvalue weighted by Crippen LogP contribution is -1.92. The van der Waals surface area contributed by atoms with Gasteiger partial charge in [0.2, 0.25) is 0 Å². The Kier molecular flexibility index (Phi) is 2.53. The third-order valence-electron chi connectivity index (χ3n) is 2.63. The lowest BCUT2D eigenvalue weighted by Gasteiger charge is -2.08. The molecule has 0 saturated heterocycles. The van der Waals surface area contributed by atoms with Gasteiger partial charge in [-0.25, -0.2) is 0 Å². The van der Waals surface area contributed by atoms with E-state index in [0.717, 1.165) is 5.92 Å². The van der Waals surface area contributed by atoms with Gasteiger partial charge in [0.15, 0.2) is 0 Å². The first-order chi connectivity index (χ1) is 4.72. The average molecular weight is 138 g/mol. The zero-order valence-corrected chi connectivity index (χ0v) is 7.41. The molecule has 0 aliphatic heterocycles. The summed E-state index contributed by atoms with van der Waals surface area (Å²) >= 11 is 0. The summed E-state index contributed by atoms with van der Waals surface area (Å²) in [4.78, 5) is 0. The highest BCUT2D eigenvalue weighted by Crippen LogP contribution is 2.29. The van der Waals surface area contributed by atoms with Crippen molar-refractivity contribution in [2.45, 2.75) is 46.5 Å². The van der Waals surface area contributed by atoms with Crippen LogP contribution >= 0.6 is 0 Å². The Morgan fingerprint density at radius 1 is 1.20 bits per heavy atom. The van der Waals surface area contributed by atoms with E-state index in [1.54, 1.807) is 11.1 Å². The van der Waals surface area contributed by atoms with E-state index in [-0.39, 0.29) is 0 Å². The van der Waals surface area contributed by atoms with Crippen LogP contribution in [0.5, 0.6) is 0 Å². The second kappa shape index (κ2) is 3.23. The molecule has 0 bridgehead atoms. The van der Waals surface area contributed by atoms with Crippen LogP contribution in [0.15, 0.2) is 11.1 Å². The standard InChI is InChI=1S/C10H18/c1-8(2)9(3)10-6-4-5-7-10/h8H,4-7H2,1-3H3. The minimum absolute atomic E-state index is 0.771. The SMILES string of the molecule is CC(=C1CCCC1)C(C)C. The first-order valence-electron chi connectivity index (χ1n) is 4.40. The van der Waals surface area contributed by atoms with E-state index in [1.165, 1.54) is 25.7 Å². The molecule has 1 rings (SSSR count). The zero-order valence-electron chi connectivity index (χ0n) is 7.41. The summed E-state index contributed by atoms with van der Waals surface area (Å²) in [6.07, 6.45) is 5.62. The van der Waals surface area contributed by atoms with Gasteiger partial charge in [-0.2, -0.15) is 0 Å². The number of hydrogen-bond acceptors (Lipinski definition) is 0. The van der Waals surface area contributed by atoms with Crippen LogP contribution in [-0.4, -0.2) is 0 Å². The molecule has 0 spiro atoms. The summed E-state index contributed by atoms with van der Waals surface area (Å²) in [7, 11) is 0. The van der Waals surface area contributed by atoms with Crippen LogP contribution in [0.25, 0.3) is 0 Å². The van der Waals surface area contributed by atoms with Gasteiger partial charge in [-0.05, 0) is 38.5 Å². The minimum Gasteiger partial charge on any atom is -0.0716 e. The molecule has 0 nitrogen and oxygen atoms in total. The maximum Gasteiger partial charge on any atom is -0.0260 e. The van der Waals surface area contributed by atoms with Crippen molar-refractivity contribution in [1.82, 2.24) is 0 Å². The van der Waals surface area contributed by atoms with Gasteiger partial charge in [-0.1, -0.05) is 25.0 Å². The Morgan fingerprint density at radius 2 is 1.70 bits per heavy atom. The second-order valence-corrected chi connectivity index (χ2v) is 3.65. The lowest BCUT2D eigenvalue weighted by atomic mass is 9.98. The molecule has 0 radical (unpaired) electrons. The first-order valence-corrected chi connectivity index (χ1v) is 4.40. The highest BCUT2D eigenvalue weighted by molar-refractivity contribution is 5.16. The highest BCUT2D eigenvalue weighted by Gasteiger charge is 2.10. The van der Waals surface area contributed by atoms with Gasteiger partial charge in [0.05, 0.1) is 0 Å². The Morgan fingerprint density at radius 3 is 2.10 bits per heavy atom. The highest BCUT2D eigenvalue weighted by atomic mass is 14.2. The molecule has 0 atom stereocenters. The van der Waals surface area contributed by atoms with E-state index in [1.807, 2.05) is 0 Å². The van der Waals surface area contributed by atoms with Crippen molar-refractivity contribution in [2.24, 2.45) is 5.92 Å². The molecule has 0 aromatic rings. The fraction of sp³-hybridized carbons (Fsp3) is 0.800. The van der Waals surface area contributed by atoms with Gasteiger partial charge in [-0.15, -0.1) is 0 Å². The molecular weight excluding hydrogens is 120 g/mol. The molecule has 0 N–H and O–H groups in total. The van der Waals surface area contributed by atoms with Crippen LogP contribution in [0.4, 0.5) is 0 Å². The molecule has 0 amide bonds. The number of rotatable bonds is 1. The molecule has 0 aromatic heterocycles. The van der Waals surface area contributed by atoms with Gasteiger partial charge < -0.3 is 0 Å². The van der Waals surface area contributed by atoms with Crippen molar-refractivity contribution in [2.75, 3.05) is 0 Å². The van der Waals surface area contributed by atoms with E-state index in [0.29, 0.717) is 0 Å². The summed E-state index contributed by atoms with van der Waals surface area (Å²) < 4.78 is 0. The largest absolute Gasteiger partial charge is 0.0716 e. The van der Waals surface area contributed by atoms with Crippen molar-refractivity contribution in [3.63, 3.8) is 0 Å². The quantitative estimate of drug-likeness (QED) is 0.486. The number of hydrogen-bond donors (Lipinski definition) is 0. The van der Waals surface area contributed by atoms with Gasteiger partial charge >= 0.3 is 0 Å². The maximum atomic E-state index is 2.30. The Balaban J connectivity index is 2.63. The molecule has 0 unspecified atom stereocenters. The van der Waals surface area contributed by atoms with Gasteiger partial charge in [0.25, 0.3) is 0 Å². The van der Waals surface area contributed by atoms with E-state index >= 15 is 0 Å². The van der Waals surface area contributed by atoms with Gasteiger partial charge in [0, 0.05) is 0 Å². The average Bonchev–Trinajstić information content (AvgIpc) is 2.36. The van der Waals surface area contributed by atoms with Gasteiger partial charge in [0.1, 0.15) is 0 Å². The fourth-order valence-corrected chi connectivity index (χ4v) is 1.60. The molecule has 1 aliphatic rings. The fourth-order valence-electron chi connectivity index (χ4n) is 1.60. The van der Waals surface area contributed by atoms with Crippen molar-refractivity contribution >= 4 is 0 Å². The predicted octanol–water partition coefficient (Wildman–Crippen LogP) is 3.53. The molecule has 1 aliphatic carbocycles. The van der Waals surface area contributed by atoms with Crippen LogP contribution in [0.1, 0.15) is 46.5 Å². The summed E-state index contributed by atoms with van der Waals surface area (Å²) in [5.74, 6) is 0.771. The molecule has 10 heavy (non-hydrogen) atoms. The van der Waals surface area contributed by atoms with E-state index in [2.05, 4.69) is 20.8 Å². The van der Waals surface area contributed by atoms with Crippen molar-refractivity contribution in [1.29, 1.82) is 0 Å². The molecule has 0 heteroatoms. The molecule has 0 heterocycles. The van der Waals surface area contributed by atoms with Crippen LogP contribution in [0.3, 0.4) is 0 Å². The molecule has 1 fully saturated rings. The summed E-state index contributed by atoms with van der Waals surface area (Å²) in [5, 5.41) is 0. The third kappa shape index (κ3) is 1.62. The van der Waals surface area contributed by atoms with Gasteiger partial charge in [-0.3, -0.25) is 0 Å². The Hall–Kier alpha value is -0.260. The lowest BCUT2D eigenvalue weighted by molar-refractivity contribution is 0.747. The van der Waals surface area contributed by atoms with E-state index in [9.17, 15) is 0 Å². The predicted molar refractivity (Wildman–Crippen MR) is 46.0 cm³/mol. The summed E-state index contributed by atoms with van der Waals surface area (Å²) in [5.41, 5.74) is 3.40. The van der Waals surface area contributed by atoms with Crippen LogP contribution < -0.4 is 0 Å². The van der Waals surface area contributed by atoms with Crippen LogP contribution in [-0.2, 0) is 0 Å². The zero-order chi connectivity index (χ0) is 7.56. The second-order valence-electron chi connectivity index (χ2n) is 3.65. The molecule has 0 aromatic carbocycles. The molecule has 1 saturated carbocycles. The van der Waals surface area contributed by atoms with E-state index in [4.69, 9.17) is 0 Å². The normalized spacial score (nSPS) is 18.6. The summed E-state index contributed by atoms with van der Waals surface area (Å²) in [6.45, 7) is 6.88. The smallest absolute Gasteiger partial charge is 0.0260 e. The summed E-state index contributed by atoms with van der Waals surface area (Å²) in [6, 6.07) is 0. The van der Waals surface area contributed by atoms with Crippen LogP contribution in [0, 0.1) is 5.92 Å². The van der Waals surface area contributed by atoms with Crippen molar-refractivity contribution < 1.29 is 0 Å². The monoisotopic (exact) mass is 138 g/mol. The third-order valence-corrected chi connectivity index (χ3v) is 2.63. The molecular formula is C10H18. The number of allylic oxidation sites excluding steroid dienone is 2. The molecule has 58 valence electrons. The maximum absolute atomic E-state index is 2.30. The first kappa shape index (κ1) is 7.84. The van der Waals surface area contributed by atoms with Crippen LogP contribution in [0.2, 0.25) is 0 Å².